The number of nitrogens with zero attached hydrogens (tertiary/aromatic N) is 1. The van der Waals surface area contributed by atoms with Gasteiger partial charge < -0.3 is 15.8 Å². The number of nitrogens with one attached hydrogen (secondary N) is 1. The molecule has 3 N–H and O–H groups in total. The third-order valence-corrected chi connectivity index (χ3v) is 3.90. The number of nitrogen functional groups attached to an aromatic ring is 1. The zero-order chi connectivity index (χ0) is 14.7. The number of rotatable bonds is 6. The average Bonchev–Trinajstić information content (AvgIpc) is 3.29. The van der Waals surface area contributed by atoms with Crippen molar-refractivity contribution in [3.8, 4) is 5.88 Å². The van der Waals surface area contributed by atoms with Gasteiger partial charge in [-0.1, -0.05) is 28.1 Å². The number of ether oxygens (including phenoxy) is 1. The zero-order valence-corrected chi connectivity index (χ0v) is 13.3. The number of nitrogens with two attached hydrogens (primary N) is 1. The zero-order valence-electron chi connectivity index (χ0n) is 11.7. The van der Waals surface area contributed by atoms with E-state index in [1.165, 1.54) is 18.4 Å². The van der Waals surface area contributed by atoms with Gasteiger partial charge in [-0.05, 0) is 48.6 Å². The van der Waals surface area contributed by atoms with Crippen molar-refractivity contribution >= 4 is 27.4 Å². The van der Waals surface area contributed by atoms with Gasteiger partial charge in [0.2, 0.25) is 5.88 Å². The molecular weight excluding hydrogens is 330 g/mol. The van der Waals surface area contributed by atoms with Crippen LogP contribution in [0.5, 0.6) is 5.88 Å². The number of benzene rings is 1. The van der Waals surface area contributed by atoms with Gasteiger partial charge in [0.05, 0.1) is 12.3 Å². The average molecular weight is 348 g/mol. The van der Waals surface area contributed by atoms with E-state index in [1.54, 1.807) is 0 Å². The number of anilines is 2. The molecule has 0 saturated heterocycles. The summed E-state index contributed by atoms with van der Waals surface area (Å²) in [6.45, 7) is 1.42. The van der Waals surface area contributed by atoms with E-state index < -0.39 is 0 Å². The van der Waals surface area contributed by atoms with E-state index in [0.29, 0.717) is 30.6 Å². The summed E-state index contributed by atoms with van der Waals surface area (Å²) in [7, 11) is 0. The van der Waals surface area contributed by atoms with Crippen LogP contribution in [0, 0.1) is 5.92 Å². The summed E-state index contributed by atoms with van der Waals surface area (Å²) >= 11 is 3.47. The van der Waals surface area contributed by atoms with Crippen LogP contribution in [0.2, 0.25) is 0 Å². The van der Waals surface area contributed by atoms with E-state index in [-0.39, 0.29) is 0 Å². The fourth-order valence-electron chi connectivity index (χ4n) is 1.99. The molecule has 4 nitrogen and oxygen atoms in total. The molecule has 3 rings (SSSR count). The third kappa shape index (κ3) is 4.11. The second kappa shape index (κ2) is 6.35. The van der Waals surface area contributed by atoms with Crippen molar-refractivity contribution in [2.45, 2.75) is 19.4 Å². The van der Waals surface area contributed by atoms with Crippen molar-refractivity contribution in [3.63, 3.8) is 0 Å². The van der Waals surface area contributed by atoms with Crippen molar-refractivity contribution in [2.24, 2.45) is 5.92 Å². The second-order valence-corrected chi connectivity index (χ2v) is 6.24. The Morgan fingerprint density at radius 3 is 2.90 bits per heavy atom. The molecule has 1 fully saturated rings. The van der Waals surface area contributed by atoms with Gasteiger partial charge in [0.25, 0.3) is 0 Å². The smallest absolute Gasteiger partial charge is 0.239 e. The largest absolute Gasteiger partial charge is 0.476 e. The molecule has 0 atom stereocenters. The molecule has 110 valence electrons. The van der Waals surface area contributed by atoms with Crippen molar-refractivity contribution < 1.29 is 4.74 Å². The fraction of sp³-hybridized carbons (Fsp3) is 0.312. The summed E-state index contributed by atoms with van der Waals surface area (Å²) in [5, 5.41) is 3.29. The molecule has 21 heavy (non-hydrogen) atoms. The molecule has 1 aromatic heterocycles. The summed E-state index contributed by atoms with van der Waals surface area (Å²) in [4.78, 5) is 4.44. The topological polar surface area (TPSA) is 60.2 Å². The predicted molar refractivity (Wildman–Crippen MR) is 88.3 cm³/mol. The monoisotopic (exact) mass is 347 g/mol. The molecule has 0 unspecified atom stereocenters. The molecule has 0 aliphatic heterocycles. The number of halogens is 1. The van der Waals surface area contributed by atoms with Crippen LogP contribution in [0.25, 0.3) is 0 Å². The van der Waals surface area contributed by atoms with Crippen molar-refractivity contribution in [1.82, 2.24) is 4.98 Å². The van der Waals surface area contributed by atoms with Crippen LogP contribution < -0.4 is 15.8 Å². The van der Waals surface area contributed by atoms with Gasteiger partial charge in [-0.25, -0.2) is 0 Å². The lowest BCUT2D eigenvalue weighted by molar-refractivity contribution is 0.290. The molecule has 0 bridgehead atoms. The Hall–Kier alpha value is -1.75. The lowest BCUT2D eigenvalue weighted by Gasteiger charge is -2.11. The van der Waals surface area contributed by atoms with Gasteiger partial charge in [-0.15, -0.1) is 0 Å². The standard InChI is InChI=1S/C16H18BrN3O/c17-13-3-1-2-12(8-13)9-19-15-7-6-14(18)16(20-15)21-10-11-4-5-11/h1-3,6-8,11H,4-5,9-10,18H2,(H,19,20). The highest BCUT2D eigenvalue weighted by Gasteiger charge is 2.22. The van der Waals surface area contributed by atoms with E-state index in [2.05, 4.69) is 38.4 Å². The Balaban J connectivity index is 1.63. The first-order valence-electron chi connectivity index (χ1n) is 7.08. The van der Waals surface area contributed by atoms with Gasteiger partial charge >= 0.3 is 0 Å². The first kappa shape index (κ1) is 14.2. The maximum Gasteiger partial charge on any atom is 0.239 e. The lowest BCUT2D eigenvalue weighted by atomic mass is 10.2. The maximum atomic E-state index is 5.90. The summed E-state index contributed by atoms with van der Waals surface area (Å²) < 4.78 is 6.76. The van der Waals surface area contributed by atoms with Crippen molar-refractivity contribution in [2.75, 3.05) is 17.7 Å². The fourth-order valence-corrected chi connectivity index (χ4v) is 2.43. The first-order chi connectivity index (χ1) is 10.2. The highest BCUT2D eigenvalue weighted by Crippen LogP contribution is 2.30. The highest BCUT2D eigenvalue weighted by molar-refractivity contribution is 9.10. The van der Waals surface area contributed by atoms with E-state index >= 15 is 0 Å². The highest BCUT2D eigenvalue weighted by atomic mass is 79.9. The molecule has 1 heterocycles. The Morgan fingerprint density at radius 2 is 2.14 bits per heavy atom. The Bertz CT molecular complexity index is 629. The number of hydrogen-bond acceptors (Lipinski definition) is 4. The van der Waals surface area contributed by atoms with Gasteiger partial charge in [0, 0.05) is 11.0 Å². The van der Waals surface area contributed by atoms with E-state index in [1.807, 2.05) is 24.3 Å². The van der Waals surface area contributed by atoms with Crippen LogP contribution in [0.4, 0.5) is 11.5 Å². The van der Waals surface area contributed by atoms with Crippen LogP contribution in [-0.4, -0.2) is 11.6 Å². The molecule has 1 saturated carbocycles. The lowest BCUT2D eigenvalue weighted by Crippen LogP contribution is -2.07. The molecular formula is C16H18BrN3O. The minimum atomic E-state index is 0.529. The van der Waals surface area contributed by atoms with Crippen LogP contribution >= 0.6 is 15.9 Å². The molecule has 0 amide bonds. The molecule has 2 aromatic rings. The molecule has 0 spiro atoms. The van der Waals surface area contributed by atoms with Crippen molar-refractivity contribution in [3.05, 3.63) is 46.4 Å². The number of pyridine rings is 1. The minimum Gasteiger partial charge on any atom is -0.476 e. The van der Waals surface area contributed by atoms with Crippen molar-refractivity contribution in [1.29, 1.82) is 0 Å². The Kier molecular flexibility index (Phi) is 4.29. The Morgan fingerprint density at radius 1 is 1.29 bits per heavy atom. The maximum absolute atomic E-state index is 5.90. The van der Waals surface area contributed by atoms with Gasteiger partial charge in [0.1, 0.15) is 5.82 Å². The van der Waals surface area contributed by atoms with Crippen LogP contribution in [0.1, 0.15) is 18.4 Å². The van der Waals surface area contributed by atoms with Crippen LogP contribution in [-0.2, 0) is 6.54 Å². The number of aromatic nitrogens is 1. The van der Waals surface area contributed by atoms with Gasteiger partial charge in [0.15, 0.2) is 0 Å². The molecule has 0 radical (unpaired) electrons. The predicted octanol–water partition coefficient (Wildman–Crippen LogP) is 3.83. The van der Waals surface area contributed by atoms with Crippen LogP contribution in [0.15, 0.2) is 40.9 Å². The SMILES string of the molecule is Nc1ccc(NCc2cccc(Br)c2)nc1OCC1CC1. The van der Waals surface area contributed by atoms with Gasteiger partial charge in [-0.2, -0.15) is 4.98 Å². The molecule has 5 heteroatoms. The normalized spacial score (nSPS) is 14.0. The summed E-state index contributed by atoms with van der Waals surface area (Å²) in [6.07, 6.45) is 2.50. The molecule has 1 aliphatic carbocycles. The van der Waals surface area contributed by atoms with E-state index in [4.69, 9.17) is 10.5 Å². The molecule has 1 aliphatic rings. The Labute approximate surface area is 132 Å². The third-order valence-electron chi connectivity index (χ3n) is 3.41. The second-order valence-electron chi connectivity index (χ2n) is 5.33. The summed E-state index contributed by atoms with van der Waals surface area (Å²) in [6, 6.07) is 11.9. The minimum absolute atomic E-state index is 0.529. The van der Waals surface area contributed by atoms with E-state index in [9.17, 15) is 0 Å². The van der Waals surface area contributed by atoms with Crippen LogP contribution in [0.3, 0.4) is 0 Å². The summed E-state index contributed by atoms with van der Waals surface area (Å²) in [5.74, 6) is 1.99. The first-order valence-corrected chi connectivity index (χ1v) is 7.87. The summed E-state index contributed by atoms with van der Waals surface area (Å²) in [5.41, 5.74) is 7.67. The van der Waals surface area contributed by atoms with E-state index in [0.717, 1.165) is 10.3 Å². The molecule has 1 aromatic carbocycles. The van der Waals surface area contributed by atoms with Gasteiger partial charge in [-0.3, -0.25) is 0 Å². The quantitative estimate of drug-likeness (QED) is 0.833. The number of hydrogen-bond donors (Lipinski definition) is 2.